The van der Waals surface area contributed by atoms with E-state index >= 15 is 0 Å². The number of nitrogens with zero attached hydrogens (tertiary/aromatic N) is 2. The first-order valence-electron chi connectivity index (χ1n) is 9.10. The van der Waals surface area contributed by atoms with Crippen LogP contribution in [0, 0.1) is 11.7 Å². The standard InChI is InChI=1S/C20H16Br2FN3O5/c1-9-15(20(27)25-24-7-10-5-3-4-6-11(10)23)26-31-16(9)12-13(21)17(28-2)19-18(14(12)22)29-8-30-19/h3-7,9,16H,8H2,1-2H3,(H,25,27)/b24-7-/t9-,16-/m1/s1. The molecule has 31 heavy (non-hydrogen) atoms. The number of carbonyl (C=O) groups excluding carboxylic acids is 1. The number of fused-ring (bicyclic) bond motifs is 1. The highest BCUT2D eigenvalue weighted by Gasteiger charge is 2.41. The molecular weight excluding hydrogens is 541 g/mol. The first-order valence-corrected chi connectivity index (χ1v) is 10.7. The van der Waals surface area contributed by atoms with Gasteiger partial charge in [0, 0.05) is 11.1 Å². The highest BCUT2D eigenvalue weighted by atomic mass is 79.9. The molecule has 0 radical (unpaired) electrons. The number of oxime groups is 1. The Hall–Kier alpha value is -2.66. The number of amides is 1. The van der Waals surface area contributed by atoms with E-state index in [1.165, 1.54) is 19.4 Å². The zero-order chi connectivity index (χ0) is 22.1. The largest absolute Gasteiger partial charge is 0.492 e. The molecule has 2 atom stereocenters. The van der Waals surface area contributed by atoms with Gasteiger partial charge in [-0.05, 0) is 37.9 Å². The second-order valence-electron chi connectivity index (χ2n) is 6.65. The zero-order valence-corrected chi connectivity index (χ0v) is 19.5. The molecule has 0 bridgehead atoms. The molecular formula is C20H16Br2FN3O5. The van der Waals surface area contributed by atoms with Crippen molar-refractivity contribution >= 4 is 49.7 Å². The minimum atomic E-state index is -0.608. The fourth-order valence-electron chi connectivity index (χ4n) is 3.26. The third kappa shape index (κ3) is 3.87. The number of hydrazone groups is 1. The Balaban J connectivity index is 1.54. The summed E-state index contributed by atoms with van der Waals surface area (Å²) in [4.78, 5) is 18.2. The topological polar surface area (TPSA) is 90.7 Å². The smallest absolute Gasteiger partial charge is 0.289 e. The predicted molar refractivity (Wildman–Crippen MR) is 117 cm³/mol. The van der Waals surface area contributed by atoms with Crippen LogP contribution in [0.5, 0.6) is 17.2 Å². The van der Waals surface area contributed by atoms with Crippen molar-refractivity contribution in [1.29, 1.82) is 0 Å². The summed E-state index contributed by atoms with van der Waals surface area (Å²) in [5.41, 5.74) is 3.41. The van der Waals surface area contributed by atoms with E-state index in [2.05, 4.69) is 47.5 Å². The van der Waals surface area contributed by atoms with Crippen LogP contribution in [0.25, 0.3) is 0 Å². The molecule has 2 heterocycles. The van der Waals surface area contributed by atoms with Crippen molar-refractivity contribution in [2.45, 2.75) is 13.0 Å². The van der Waals surface area contributed by atoms with Crippen LogP contribution in [0.2, 0.25) is 0 Å². The van der Waals surface area contributed by atoms with Crippen LogP contribution >= 0.6 is 31.9 Å². The highest BCUT2D eigenvalue weighted by Crippen LogP contribution is 2.55. The molecule has 11 heteroatoms. The molecule has 4 rings (SSSR count). The average molecular weight is 557 g/mol. The van der Waals surface area contributed by atoms with E-state index in [-0.39, 0.29) is 18.1 Å². The molecule has 0 saturated carbocycles. The van der Waals surface area contributed by atoms with Gasteiger partial charge in [0.2, 0.25) is 12.5 Å². The fourth-order valence-corrected chi connectivity index (χ4v) is 5.01. The van der Waals surface area contributed by atoms with E-state index in [1.807, 2.05) is 0 Å². The minimum Gasteiger partial charge on any atom is -0.492 e. The summed E-state index contributed by atoms with van der Waals surface area (Å²) in [7, 11) is 1.52. The van der Waals surface area contributed by atoms with E-state index in [0.717, 1.165) is 0 Å². The summed E-state index contributed by atoms with van der Waals surface area (Å²) in [6, 6.07) is 6.09. The van der Waals surface area contributed by atoms with Crippen molar-refractivity contribution in [2.75, 3.05) is 13.9 Å². The molecule has 2 aromatic carbocycles. The lowest BCUT2D eigenvalue weighted by molar-refractivity contribution is -0.115. The maximum atomic E-state index is 13.7. The Kier molecular flexibility index (Phi) is 6.15. The predicted octanol–water partition coefficient (Wildman–Crippen LogP) is 4.30. The molecule has 0 spiro atoms. The molecule has 2 aliphatic heterocycles. The molecule has 0 aromatic heterocycles. The number of benzene rings is 2. The Labute approximate surface area is 193 Å². The SMILES string of the molecule is COc1c(Br)c([C@@H]2ON=C(C(=O)N/N=C\c3ccccc3F)[C@H]2C)c(Br)c2c1OCO2. The average Bonchev–Trinajstić information content (AvgIpc) is 3.38. The lowest BCUT2D eigenvalue weighted by Crippen LogP contribution is -2.31. The van der Waals surface area contributed by atoms with Gasteiger partial charge in [-0.2, -0.15) is 5.10 Å². The molecule has 1 N–H and O–H groups in total. The summed E-state index contributed by atoms with van der Waals surface area (Å²) in [5.74, 6) is -0.0186. The summed E-state index contributed by atoms with van der Waals surface area (Å²) >= 11 is 7.07. The van der Waals surface area contributed by atoms with Gasteiger partial charge in [-0.25, -0.2) is 9.82 Å². The Bertz CT molecular complexity index is 1110. The second kappa shape index (κ2) is 8.83. The zero-order valence-electron chi connectivity index (χ0n) is 16.3. The van der Waals surface area contributed by atoms with Gasteiger partial charge in [0.15, 0.2) is 23.3 Å². The molecule has 0 aliphatic carbocycles. The number of hydrogen-bond acceptors (Lipinski definition) is 7. The maximum absolute atomic E-state index is 13.7. The van der Waals surface area contributed by atoms with E-state index < -0.39 is 23.7 Å². The lowest BCUT2D eigenvalue weighted by Gasteiger charge is -2.20. The van der Waals surface area contributed by atoms with Crippen molar-refractivity contribution in [3.05, 3.63) is 50.2 Å². The van der Waals surface area contributed by atoms with E-state index in [9.17, 15) is 9.18 Å². The van der Waals surface area contributed by atoms with Gasteiger partial charge in [-0.1, -0.05) is 30.3 Å². The van der Waals surface area contributed by atoms with Crippen molar-refractivity contribution < 1.29 is 28.2 Å². The number of rotatable bonds is 5. The summed E-state index contributed by atoms with van der Waals surface area (Å²) in [5, 5.41) is 7.76. The first kappa shape index (κ1) is 21.6. The Morgan fingerprint density at radius 1 is 1.29 bits per heavy atom. The van der Waals surface area contributed by atoms with Gasteiger partial charge >= 0.3 is 0 Å². The van der Waals surface area contributed by atoms with Gasteiger partial charge in [0.05, 0.1) is 28.2 Å². The number of hydrogen-bond donors (Lipinski definition) is 1. The highest BCUT2D eigenvalue weighted by molar-refractivity contribution is 9.11. The third-order valence-electron chi connectivity index (χ3n) is 4.84. The van der Waals surface area contributed by atoms with E-state index in [4.69, 9.17) is 19.0 Å². The van der Waals surface area contributed by atoms with Gasteiger partial charge in [0.1, 0.15) is 5.82 Å². The molecule has 162 valence electrons. The van der Waals surface area contributed by atoms with Crippen LogP contribution in [0.15, 0.2) is 43.5 Å². The van der Waals surface area contributed by atoms with Crippen molar-refractivity contribution in [3.8, 4) is 17.2 Å². The molecule has 0 fully saturated rings. The van der Waals surface area contributed by atoms with Crippen LogP contribution in [0.1, 0.15) is 24.2 Å². The number of halogens is 3. The number of methoxy groups -OCH3 is 1. The first-order chi connectivity index (χ1) is 14.9. The molecule has 1 amide bonds. The van der Waals surface area contributed by atoms with Crippen LogP contribution in [0.4, 0.5) is 4.39 Å². The summed E-state index contributed by atoms with van der Waals surface area (Å²) in [6.45, 7) is 1.86. The maximum Gasteiger partial charge on any atom is 0.289 e. The number of nitrogens with one attached hydrogen (secondary N) is 1. The molecule has 8 nitrogen and oxygen atoms in total. The monoisotopic (exact) mass is 555 g/mol. The summed E-state index contributed by atoms with van der Waals surface area (Å²) in [6.07, 6.45) is 0.616. The minimum absolute atomic E-state index is 0.0609. The van der Waals surface area contributed by atoms with Crippen LogP contribution in [-0.2, 0) is 9.63 Å². The van der Waals surface area contributed by atoms with Crippen molar-refractivity contribution in [1.82, 2.24) is 5.43 Å². The van der Waals surface area contributed by atoms with Crippen LogP contribution in [0.3, 0.4) is 0 Å². The van der Waals surface area contributed by atoms with Crippen LogP contribution < -0.4 is 19.6 Å². The van der Waals surface area contributed by atoms with Gasteiger partial charge in [-0.15, -0.1) is 0 Å². The molecule has 0 unspecified atom stereocenters. The van der Waals surface area contributed by atoms with Gasteiger partial charge < -0.3 is 19.0 Å². The summed E-state index contributed by atoms with van der Waals surface area (Å²) < 4.78 is 31.4. The lowest BCUT2D eigenvalue weighted by atomic mass is 9.93. The third-order valence-corrected chi connectivity index (χ3v) is 6.41. The van der Waals surface area contributed by atoms with E-state index in [1.54, 1.807) is 25.1 Å². The van der Waals surface area contributed by atoms with E-state index in [0.29, 0.717) is 31.8 Å². The Morgan fingerprint density at radius 3 is 2.77 bits per heavy atom. The van der Waals surface area contributed by atoms with Crippen molar-refractivity contribution in [2.24, 2.45) is 16.2 Å². The quantitative estimate of drug-likeness (QED) is 0.438. The molecule has 0 saturated heterocycles. The number of ether oxygens (including phenoxy) is 3. The van der Waals surface area contributed by atoms with Gasteiger partial charge in [0.25, 0.3) is 5.91 Å². The molecule has 2 aliphatic rings. The van der Waals surface area contributed by atoms with Crippen molar-refractivity contribution in [3.63, 3.8) is 0 Å². The number of carbonyl (C=O) groups is 1. The fraction of sp³-hybridized carbons (Fsp3) is 0.250. The molecule has 2 aromatic rings. The normalized spacial score (nSPS) is 19.3. The second-order valence-corrected chi connectivity index (χ2v) is 8.24. The van der Waals surface area contributed by atoms with Crippen LogP contribution in [-0.4, -0.2) is 31.7 Å². The van der Waals surface area contributed by atoms with Gasteiger partial charge in [-0.3, -0.25) is 4.79 Å². The Morgan fingerprint density at radius 2 is 2.03 bits per heavy atom.